The topological polar surface area (TPSA) is 70.5 Å². The van der Waals surface area contributed by atoms with Crippen LogP contribution in [0.4, 0.5) is 0 Å². The maximum absolute atomic E-state index is 12.8. The SMILES string of the molecule is CC(C)(C)C(=O)N1CCC[C@H]1c1ccnc(-c2cccc(C(=O)O)c2)c1. The van der Waals surface area contributed by atoms with Crippen molar-refractivity contribution in [3.05, 3.63) is 53.7 Å². The van der Waals surface area contributed by atoms with Crippen LogP contribution in [-0.4, -0.2) is 33.4 Å². The molecular weight excluding hydrogens is 328 g/mol. The second-order valence-electron chi connectivity index (χ2n) is 7.77. The van der Waals surface area contributed by atoms with Crippen molar-refractivity contribution < 1.29 is 14.7 Å². The molecule has 2 aromatic rings. The fourth-order valence-electron chi connectivity index (χ4n) is 3.41. The standard InChI is InChI=1S/C21H24N2O3/c1-21(2,3)20(26)23-11-5-8-18(23)15-9-10-22-17(13-15)14-6-4-7-16(12-14)19(24)25/h4,6-7,9-10,12-13,18H,5,8,11H2,1-3H3,(H,24,25)/t18-/m0/s1. The average Bonchev–Trinajstić information content (AvgIpc) is 3.10. The molecule has 1 aliphatic rings. The largest absolute Gasteiger partial charge is 0.478 e. The van der Waals surface area contributed by atoms with Crippen molar-refractivity contribution in [2.75, 3.05) is 6.54 Å². The molecule has 136 valence electrons. The van der Waals surface area contributed by atoms with Crippen molar-refractivity contribution in [1.29, 1.82) is 0 Å². The average molecular weight is 352 g/mol. The normalized spacial score (nSPS) is 17.3. The zero-order valence-corrected chi connectivity index (χ0v) is 15.4. The van der Waals surface area contributed by atoms with Crippen LogP contribution in [0, 0.1) is 5.41 Å². The molecule has 1 amide bonds. The molecule has 0 bridgehead atoms. The number of carboxylic acid groups (broad SMARTS) is 1. The fourth-order valence-corrected chi connectivity index (χ4v) is 3.41. The number of benzene rings is 1. The summed E-state index contributed by atoms with van der Waals surface area (Å²) in [5.74, 6) is -0.799. The number of rotatable bonds is 3. The number of pyridine rings is 1. The molecule has 5 nitrogen and oxygen atoms in total. The van der Waals surface area contributed by atoms with Gasteiger partial charge in [-0.2, -0.15) is 0 Å². The van der Waals surface area contributed by atoms with E-state index >= 15 is 0 Å². The van der Waals surface area contributed by atoms with E-state index in [1.165, 1.54) is 0 Å². The van der Waals surface area contributed by atoms with Crippen LogP contribution in [0.15, 0.2) is 42.6 Å². The quantitative estimate of drug-likeness (QED) is 0.900. The molecule has 5 heteroatoms. The number of hydrogen-bond donors (Lipinski definition) is 1. The Kier molecular flexibility index (Phi) is 4.81. The van der Waals surface area contributed by atoms with E-state index in [1.807, 2.05) is 43.9 Å². The Morgan fingerprint density at radius 1 is 1.19 bits per heavy atom. The summed E-state index contributed by atoms with van der Waals surface area (Å²) in [5.41, 5.74) is 2.36. The van der Waals surface area contributed by atoms with Crippen molar-refractivity contribution in [2.45, 2.75) is 39.7 Å². The highest BCUT2D eigenvalue weighted by Crippen LogP contribution is 2.36. The van der Waals surface area contributed by atoms with Crippen LogP contribution in [0.3, 0.4) is 0 Å². The summed E-state index contributed by atoms with van der Waals surface area (Å²) in [5, 5.41) is 9.19. The summed E-state index contributed by atoms with van der Waals surface area (Å²) < 4.78 is 0. The molecule has 2 heterocycles. The van der Waals surface area contributed by atoms with Crippen LogP contribution in [0.25, 0.3) is 11.3 Å². The molecule has 1 fully saturated rings. The molecule has 26 heavy (non-hydrogen) atoms. The Labute approximate surface area is 153 Å². The number of carbonyl (C=O) groups excluding carboxylic acids is 1. The number of aromatic carboxylic acids is 1. The van der Waals surface area contributed by atoms with E-state index in [4.69, 9.17) is 0 Å². The van der Waals surface area contributed by atoms with Gasteiger partial charge in [0.15, 0.2) is 0 Å². The van der Waals surface area contributed by atoms with Gasteiger partial charge < -0.3 is 10.0 Å². The van der Waals surface area contributed by atoms with Crippen LogP contribution in [0.2, 0.25) is 0 Å². The number of likely N-dealkylation sites (tertiary alicyclic amines) is 1. The summed E-state index contributed by atoms with van der Waals surface area (Å²) >= 11 is 0. The Hall–Kier alpha value is -2.69. The van der Waals surface area contributed by atoms with Crippen molar-refractivity contribution in [1.82, 2.24) is 9.88 Å². The van der Waals surface area contributed by atoms with Gasteiger partial charge in [-0.25, -0.2) is 4.79 Å². The van der Waals surface area contributed by atoms with E-state index < -0.39 is 11.4 Å². The van der Waals surface area contributed by atoms with Gasteiger partial charge in [-0.3, -0.25) is 9.78 Å². The lowest BCUT2D eigenvalue weighted by atomic mass is 9.93. The third-order valence-electron chi connectivity index (χ3n) is 4.73. The lowest BCUT2D eigenvalue weighted by Gasteiger charge is -2.31. The van der Waals surface area contributed by atoms with Crippen LogP contribution < -0.4 is 0 Å². The maximum atomic E-state index is 12.8. The van der Waals surface area contributed by atoms with Crippen molar-refractivity contribution in [2.24, 2.45) is 5.41 Å². The Morgan fingerprint density at radius 2 is 1.96 bits per heavy atom. The highest BCUT2D eigenvalue weighted by atomic mass is 16.4. The zero-order chi connectivity index (χ0) is 18.9. The number of carboxylic acids is 1. The summed E-state index contributed by atoms with van der Waals surface area (Å²) in [6.45, 7) is 6.60. The molecule has 1 atom stereocenters. The minimum atomic E-state index is -0.958. The van der Waals surface area contributed by atoms with E-state index in [2.05, 4.69) is 4.98 Å². The van der Waals surface area contributed by atoms with Crippen LogP contribution in [0.1, 0.15) is 55.6 Å². The molecule has 1 aromatic carbocycles. The van der Waals surface area contributed by atoms with Crippen LogP contribution in [-0.2, 0) is 4.79 Å². The van der Waals surface area contributed by atoms with Gasteiger partial charge in [0.25, 0.3) is 0 Å². The molecule has 1 saturated heterocycles. The van der Waals surface area contributed by atoms with E-state index in [-0.39, 0.29) is 17.5 Å². The zero-order valence-electron chi connectivity index (χ0n) is 15.4. The molecule has 0 radical (unpaired) electrons. The molecule has 0 saturated carbocycles. The Morgan fingerprint density at radius 3 is 2.65 bits per heavy atom. The fraction of sp³-hybridized carbons (Fsp3) is 0.381. The summed E-state index contributed by atoms with van der Waals surface area (Å²) in [4.78, 5) is 30.3. The lowest BCUT2D eigenvalue weighted by Crippen LogP contribution is -2.39. The first-order valence-electron chi connectivity index (χ1n) is 8.88. The van der Waals surface area contributed by atoms with Gasteiger partial charge >= 0.3 is 5.97 Å². The second kappa shape index (κ2) is 6.90. The van der Waals surface area contributed by atoms with Crippen LogP contribution >= 0.6 is 0 Å². The molecule has 3 rings (SSSR count). The highest BCUT2D eigenvalue weighted by molar-refractivity contribution is 5.89. The maximum Gasteiger partial charge on any atom is 0.335 e. The smallest absolute Gasteiger partial charge is 0.335 e. The Balaban J connectivity index is 1.93. The van der Waals surface area contributed by atoms with E-state index in [1.54, 1.807) is 24.4 Å². The first-order chi connectivity index (χ1) is 12.3. The number of amides is 1. The Bertz CT molecular complexity index is 839. The van der Waals surface area contributed by atoms with Crippen LogP contribution in [0.5, 0.6) is 0 Å². The molecule has 0 aliphatic carbocycles. The minimum absolute atomic E-state index is 0.0473. The van der Waals surface area contributed by atoms with E-state index in [0.717, 1.165) is 36.2 Å². The number of hydrogen-bond acceptors (Lipinski definition) is 3. The highest BCUT2D eigenvalue weighted by Gasteiger charge is 2.35. The predicted molar refractivity (Wildman–Crippen MR) is 99.8 cm³/mol. The second-order valence-corrected chi connectivity index (χ2v) is 7.77. The monoisotopic (exact) mass is 352 g/mol. The first kappa shape index (κ1) is 18.1. The number of aromatic nitrogens is 1. The molecule has 1 aliphatic heterocycles. The van der Waals surface area contributed by atoms with Crippen molar-refractivity contribution >= 4 is 11.9 Å². The first-order valence-corrected chi connectivity index (χ1v) is 8.88. The molecule has 0 unspecified atom stereocenters. The molecule has 1 aromatic heterocycles. The van der Waals surface area contributed by atoms with Gasteiger partial charge in [0.1, 0.15) is 0 Å². The number of nitrogens with zero attached hydrogens (tertiary/aromatic N) is 2. The summed E-state index contributed by atoms with van der Waals surface area (Å²) in [6, 6.07) is 10.7. The third-order valence-corrected chi connectivity index (χ3v) is 4.73. The third kappa shape index (κ3) is 3.62. The van der Waals surface area contributed by atoms with E-state index in [0.29, 0.717) is 0 Å². The summed E-state index contributed by atoms with van der Waals surface area (Å²) in [7, 11) is 0. The van der Waals surface area contributed by atoms with Gasteiger partial charge in [0.05, 0.1) is 17.3 Å². The van der Waals surface area contributed by atoms with Gasteiger partial charge in [-0.05, 0) is 42.7 Å². The summed E-state index contributed by atoms with van der Waals surface area (Å²) in [6.07, 6.45) is 3.65. The molecular formula is C21H24N2O3. The van der Waals surface area contributed by atoms with Gasteiger partial charge in [-0.1, -0.05) is 32.9 Å². The van der Waals surface area contributed by atoms with Crippen molar-refractivity contribution in [3.63, 3.8) is 0 Å². The van der Waals surface area contributed by atoms with Gasteiger partial charge in [0, 0.05) is 23.7 Å². The van der Waals surface area contributed by atoms with E-state index in [9.17, 15) is 14.7 Å². The van der Waals surface area contributed by atoms with Gasteiger partial charge in [0.2, 0.25) is 5.91 Å². The number of carbonyl (C=O) groups is 2. The van der Waals surface area contributed by atoms with Crippen molar-refractivity contribution in [3.8, 4) is 11.3 Å². The van der Waals surface area contributed by atoms with Gasteiger partial charge in [-0.15, -0.1) is 0 Å². The minimum Gasteiger partial charge on any atom is -0.478 e. The molecule has 1 N–H and O–H groups in total. The molecule has 0 spiro atoms. The predicted octanol–water partition coefficient (Wildman–Crippen LogP) is 4.16. The lowest BCUT2D eigenvalue weighted by molar-refractivity contribution is -0.140.